The van der Waals surface area contributed by atoms with Gasteiger partial charge in [-0.1, -0.05) is 34.3 Å². The summed E-state index contributed by atoms with van der Waals surface area (Å²) in [5, 5.41) is 0. The highest BCUT2D eigenvalue weighted by atomic mass is 32.2. The lowest BCUT2D eigenvalue weighted by atomic mass is 9.79. The number of hydrogen-bond acceptors (Lipinski definition) is 3. The molecule has 0 heterocycles. The minimum absolute atomic E-state index is 0.285. The van der Waals surface area contributed by atoms with E-state index in [4.69, 9.17) is 4.74 Å². The van der Waals surface area contributed by atoms with E-state index >= 15 is 0 Å². The zero-order valence-electron chi connectivity index (χ0n) is 11.8. The Labute approximate surface area is 110 Å². The first-order valence-corrected chi connectivity index (χ1v) is 7.39. The maximum Gasteiger partial charge on any atom is 0.333 e. The van der Waals surface area contributed by atoms with E-state index < -0.39 is 0 Å². The molecule has 3 heteroatoms. The number of carbonyl (C=O) groups is 1. The number of thioether (sulfide) groups is 1. The van der Waals surface area contributed by atoms with Crippen LogP contribution in [0.15, 0.2) is 12.2 Å². The van der Waals surface area contributed by atoms with Gasteiger partial charge in [0.15, 0.2) is 0 Å². The predicted molar refractivity (Wildman–Crippen MR) is 76.3 cm³/mol. The van der Waals surface area contributed by atoms with Crippen LogP contribution in [-0.2, 0) is 9.53 Å². The van der Waals surface area contributed by atoms with Crippen LogP contribution in [0.4, 0.5) is 0 Å². The van der Waals surface area contributed by atoms with E-state index in [-0.39, 0.29) is 5.97 Å². The maximum absolute atomic E-state index is 11.1. The zero-order chi connectivity index (χ0) is 13.5. The van der Waals surface area contributed by atoms with Crippen LogP contribution < -0.4 is 0 Å². The summed E-state index contributed by atoms with van der Waals surface area (Å²) in [7, 11) is 0. The fourth-order valence-corrected chi connectivity index (χ4v) is 2.65. The van der Waals surface area contributed by atoms with E-state index in [2.05, 4.69) is 34.3 Å². The number of ether oxygens (including phenoxy) is 1. The molecule has 0 bridgehead atoms. The lowest BCUT2D eigenvalue weighted by Crippen LogP contribution is -2.25. The topological polar surface area (TPSA) is 26.3 Å². The minimum Gasteiger partial charge on any atom is -0.461 e. The molecule has 0 spiro atoms. The molecule has 0 saturated heterocycles. The van der Waals surface area contributed by atoms with Crippen molar-refractivity contribution in [2.75, 3.05) is 18.1 Å². The molecule has 0 radical (unpaired) electrons. The van der Waals surface area contributed by atoms with Crippen LogP contribution in [0.25, 0.3) is 0 Å². The fraction of sp³-hybridized carbons (Fsp3) is 0.786. The molecule has 0 aromatic heterocycles. The van der Waals surface area contributed by atoms with Gasteiger partial charge in [0.1, 0.15) is 6.61 Å². The van der Waals surface area contributed by atoms with E-state index in [9.17, 15) is 4.79 Å². The Kier molecular flexibility index (Phi) is 7.60. The van der Waals surface area contributed by atoms with Crippen molar-refractivity contribution in [2.45, 2.75) is 41.0 Å². The van der Waals surface area contributed by atoms with Gasteiger partial charge < -0.3 is 4.74 Å². The van der Waals surface area contributed by atoms with Crippen molar-refractivity contribution in [3.05, 3.63) is 12.2 Å². The predicted octanol–water partition coefficient (Wildman–Crippen LogP) is 3.91. The molecule has 1 unspecified atom stereocenters. The Morgan fingerprint density at radius 1 is 1.47 bits per heavy atom. The third-order valence-electron chi connectivity index (χ3n) is 3.44. The second-order valence-corrected chi connectivity index (χ2v) is 6.24. The molecular weight excluding hydrogens is 232 g/mol. The van der Waals surface area contributed by atoms with Crippen LogP contribution in [0, 0.1) is 11.3 Å². The summed E-state index contributed by atoms with van der Waals surface area (Å²) in [6.07, 6.45) is 1.18. The van der Waals surface area contributed by atoms with Crippen LogP contribution in [0.1, 0.15) is 41.0 Å². The standard InChI is InChI=1S/C14H26O2S/c1-7-14(6,12(4)5)10-17-9-8-16-13(15)11(2)3/h12H,2,7-10H2,1,3-6H3. The number of esters is 1. The molecule has 1 atom stereocenters. The van der Waals surface area contributed by atoms with Crippen LogP contribution in [0.3, 0.4) is 0 Å². The molecule has 0 amide bonds. The summed E-state index contributed by atoms with van der Waals surface area (Å²) in [5.41, 5.74) is 0.846. The van der Waals surface area contributed by atoms with Crippen LogP contribution >= 0.6 is 11.8 Å². The van der Waals surface area contributed by atoms with Gasteiger partial charge in [0.25, 0.3) is 0 Å². The minimum atomic E-state index is -0.285. The lowest BCUT2D eigenvalue weighted by molar-refractivity contribution is -0.138. The van der Waals surface area contributed by atoms with E-state index in [1.807, 2.05) is 11.8 Å². The normalized spacial score (nSPS) is 14.5. The third kappa shape index (κ3) is 6.16. The van der Waals surface area contributed by atoms with Crippen LogP contribution in [-0.4, -0.2) is 24.1 Å². The quantitative estimate of drug-likeness (QED) is 0.375. The summed E-state index contributed by atoms with van der Waals surface area (Å²) in [5.74, 6) is 2.37. The number of hydrogen-bond donors (Lipinski definition) is 0. The smallest absolute Gasteiger partial charge is 0.333 e. The summed E-state index contributed by atoms with van der Waals surface area (Å²) in [6, 6.07) is 0. The molecule has 0 aliphatic carbocycles. The van der Waals surface area contributed by atoms with Crippen molar-refractivity contribution in [3.63, 3.8) is 0 Å². The van der Waals surface area contributed by atoms with Crippen molar-refractivity contribution in [1.82, 2.24) is 0 Å². The highest BCUT2D eigenvalue weighted by Gasteiger charge is 2.25. The molecule has 0 aromatic carbocycles. The van der Waals surface area contributed by atoms with Crippen molar-refractivity contribution >= 4 is 17.7 Å². The Bertz CT molecular complexity index is 261. The molecule has 0 aliphatic rings. The Morgan fingerprint density at radius 2 is 2.06 bits per heavy atom. The van der Waals surface area contributed by atoms with Gasteiger partial charge in [-0.25, -0.2) is 4.79 Å². The van der Waals surface area contributed by atoms with Crippen molar-refractivity contribution < 1.29 is 9.53 Å². The second-order valence-electron chi connectivity index (χ2n) is 5.13. The highest BCUT2D eigenvalue weighted by molar-refractivity contribution is 7.99. The lowest BCUT2D eigenvalue weighted by Gasteiger charge is -2.32. The van der Waals surface area contributed by atoms with Gasteiger partial charge >= 0.3 is 5.97 Å². The maximum atomic E-state index is 11.1. The van der Waals surface area contributed by atoms with E-state index in [0.717, 1.165) is 11.5 Å². The van der Waals surface area contributed by atoms with Gasteiger partial charge in [-0.3, -0.25) is 0 Å². The Morgan fingerprint density at radius 3 is 2.47 bits per heavy atom. The van der Waals surface area contributed by atoms with Gasteiger partial charge in [0.05, 0.1) is 0 Å². The average Bonchev–Trinajstić information content (AvgIpc) is 2.27. The Balaban J connectivity index is 3.77. The summed E-state index contributed by atoms with van der Waals surface area (Å²) < 4.78 is 5.05. The van der Waals surface area contributed by atoms with Crippen molar-refractivity contribution in [1.29, 1.82) is 0 Å². The number of rotatable bonds is 8. The van der Waals surface area contributed by atoms with Crippen LogP contribution in [0.5, 0.6) is 0 Å². The Hall–Kier alpha value is -0.440. The molecule has 0 aromatic rings. The van der Waals surface area contributed by atoms with Gasteiger partial charge in [-0.2, -0.15) is 11.8 Å². The molecule has 2 nitrogen and oxygen atoms in total. The van der Waals surface area contributed by atoms with Crippen molar-refractivity contribution in [3.8, 4) is 0 Å². The molecule has 0 saturated carbocycles. The van der Waals surface area contributed by atoms with Gasteiger partial charge in [0, 0.05) is 11.3 Å². The van der Waals surface area contributed by atoms with E-state index in [1.54, 1.807) is 6.92 Å². The molecular formula is C14H26O2S. The highest BCUT2D eigenvalue weighted by Crippen LogP contribution is 2.34. The first-order chi connectivity index (χ1) is 7.83. The van der Waals surface area contributed by atoms with E-state index in [0.29, 0.717) is 23.5 Å². The molecule has 0 N–H and O–H groups in total. The first kappa shape index (κ1) is 16.6. The van der Waals surface area contributed by atoms with Crippen LogP contribution in [0.2, 0.25) is 0 Å². The zero-order valence-corrected chi connectivity index (χ0v) is 12.7. The van der Waals surface area contributed by atoms with Gasteiger partial charge in [0.2, 0.25) is 0 Å². The summed E-state index contributed by atoms with van der Waals surface area (Å²) in [4.78, 5) is 11.1. The molecule has 17 heavy (non-hydrogen) atoms. The summed E-state index contributed by atoms with van der Waals surface area (Å²) >= 11 is 1.86. The third-order valence-corrected chi connectivity index (χ3v) is 4.76. The monoisotopic (exact) mass is 258 g/mol. The second kappa shape index (κ2) is 7.80. The van der Waals surface area contributed by atoms with Gasteiger partial charge in [-0.15, -0.1) is 0 Å². The SMILES string of the molecule is C=C(C)C(=O)OCCSCC(C)(CC)C(C)C. The first-order valence-electron chi connectivity index (χ1n) is 6.24. The van der Waals surface area contributed by atoms with Gasteiger partial charge in [-0.05, 0) is 30.4 Å². The molecule has 0 aliphatic heterocycles. The average molecular weight is 258 g/mol. The number of carbonyl (C=O) groups excluding carboxylic acids is 1. The van der Waals surface area contributed by atoms with Crippen molar-refractivity contribution in [2.24, 2.45) is 11.3 Å². The fourth-order valence-electron chi connectivity index (χ4n) is 1.30. The van der Waals surface area contributed by atoms with E-state index in [1.165, 1.54) is 6.42 Å². The summed E-state index contributed by atoms with van der Waals surface area (Å²) in [6.45, 7) is 14.8. The molecule has 100 valence electrons. The molecule has 0 rings (SSSR count). The molecule has 0 fully saturated rings. The largest absolute Gasteiger partial charge is 0.461 e.